The summed E-state index contributed by atoms with van der Waals surface area (Å²) in [7, 11) is 1.89. The van der Waals surface area contributed by atoms with Crippen molar-refractivity contribution in [3.63, 3.8) is 0 Å². The van der Waals surface area contributed by atoms with Crippen molar-refractivity contribution < 1.29 is 5.11 Å². The predicted molar refractivity (Wildman–Crippen MR) is 126 cm³/mol. The number of rotatable bonds is 5. The normalized spacial score (nSPS) is 15.6. The molecule has 0 radical (unpaired) electrons. The predicted octanol–water partition coefficient (Wildman–Crippen LogP) is 2.17. The van der Waals surface area contributed by atoms with E-state index in [-0.39, 0.29) is 6.10 Å². The van der Waals surface area contributed by atoms with E-state index in [4.69, 9.17) is 4.98 Å². The van der Waals surface area contributed by atoms with Gasteiger partial charge < -0.3 is 10.0 Å². The van der Waals surface area contributed by atoms with E-state index < -0.39 is 0 Å². The highest BCUT2D eigenvalue weighted by molar-refractivity contribution is 5.87. The second-order valence-electron chi connectivity index (χ2n) is 8.55. The number of anilines is 1. The molecule has 1 fully saturated rings. The third kappa shape index (κ3) is 4.18. The SMILES string of the molecule is CC(O)CN1CCN(c2ccc(-c3cc(-c4cnn(C)c4)cn4ncc(C#N)c34)cn2)CC1. The highest BCUT2D eigenvalue weighted by Gasteiger charge is 2.20. The van der Waals surface area contributed by atoms with Crippen LogP contribution in [-0.2, 0) is 7.05 Å². The monoisotopic (exact) mass is 442 g/mol. The van der Waals surface area contributed by atoms with Crippen LogP contribution in [-0.4, -0.2) is 73.2 Å². The van der Waals surface area contributed by atoms with Crippen molar-refractivity contribution in [3.8, 4) is 28.3 Å². The molecule has 0 amide bonds. The lowest BCUT2D eigenvalue weighted by molar-refractivity contribution is 0.122. The molecule has 9 heteroatoms. The maximum atomic E-state index is 9.62. The van der Waals surface area contributed by atoms with Gasteiger partial charge in [0.25, 0.3) is 0 Å². The highest BCUT2D eigenvalue weighted by atomic mass is 16.3. The van der Waals surface area contributed by atoms with Crippen LogP contribution in [0.15, 0.2) is 49.2 Å². The van der Waals surface area contributed by atoms with Crippen LogP contribution in [0.2, 0.25) is 0 Å². The fourth-order valence-corrected chi connectivity index (χ4v) is 4.42. The number of β-amino-alcohol motifs (C(OH)–C–C–N with tert-alkyl or cyclic N) is 1. The van der Waals surface area contributed by atoms with E-state index in [0.29, 0.717) is 12.1 Å². The number of aliphatic hydroxyl groups is 1. The Kier molecular flexibility index (Phi) is 5.54. The molecule has 0 aliphatic carbocycles. The molecule has 9 nitrogen and oxygen atoms in total. The molecule has 1 aliphatic rings. The van der Waals surface area contributed by atoms with Crippen molar-refractivity contribution in [3.05, 3.63) is 54.7 Å². The van der Waals surface area contributed by atoms with Crippen molar-refractivity contribution in [1.29, 1.82) is 5.26 Å². The van der Waals surface area contributed by atoms with Gasteiger partial charge in [-0.1, -0.05) is 0 Å². The van der Waals surface area contributed by atoms with Crippen LogP contribution in [0, 0.1) is 11.3 Å². The summed E-state index contributed by atoms with van der Waals surface area (Å²) in [4.78, 5) is 9.29. The summed E-state index contributed by atoms with van der Waals surface area (Å²) in [6.45, 7) is 6.09. The number of fused-ring (bicyclic) bond motifs is 1. The summed E-state index contributed by atoms with van der Waals surface area (Å²) in [5.41, 5.74) is 5.09. The van der Waals surface area contributed by atoms with Crippen LogP contribution in [0.4, 0.5) is 5.82 Å². The molecule has 1 saturated heterocycles. The van der Waals surface area contributed by atoms with Crippen molar-refractivity contribution in [2.24, 2.45) is 7.05 Å². The summed E-state index contributed by atoms with van der Waals surface area (Å²) in [6, 6.07) is 8.42. The topological polar surface area (TPSA) is 98.5 Å². The van der Waals surface area contributed by atoms with Crippen molar-refractivity contribution >= 4 is 11.3 Å². The summed E-state index contributed by atoms with van der Waals surface area (Å²) < 4.78 is 3.52. The van der Waals surface area contributed by atoms with Gasteiger partial charge in [-0.05, 0) is 25.1 Å². The Morgan fingerprint density at radius 1 is 1.03 bits per heavy atom. The van der Waals surface area contributed by atoms with E-state index >= 15 is 0 Å². The first-order valence-corrected chi connectivity index (χ1v) is 11.0. The maximum Gasteiger partial charge on any atom is 0.128 e. The minimum absolute atomic E-state index is 0.310. The summed E-state index contributed by atoms with van der Waals surface area (Å²) in [6.07, 6.45) is 8.85. The third-order valence-electron chi connectivity index (χ3n) is 6.05. The number of hydrogen-bond acceptors (Lipinski definition) is 7. The second-order valence-corrected chi connectivity index (χ2v) is 8.55. The second kappa shape index (κ2) is 8.65. The first kappa shape index (κ1) is 21.1. The number of pyridine rings is 2. The lowest BCUT2D eigenvalue weighted by atomic mass is 10.0. The number of aromatic nitrogens is 5. The molecule has 5 heterocycles. The Balaban J connectivity index is 1.46. The number of nitriles is 1. The molecule has 1 unspecified atom stereocenters. The molecule has 4 aromatic rings. The number of piperazine rings is 1. The molecule has 0 aromatic carbocycles. The molecule has 33 heavy (non-hydrogen) atoms. The van der Waals surface area contributed by atoms with Crippen LogP contribution in [0.3, 0.4) is 0 Å². The zero-order valence-electron chi connectivity index (χ0n) is 18.8. The van der Waals surface area contributed by atoms with E-state index in [0.717, 1.165) is 59.8 Å². The van der Waals surface area contributed by atoms with Gasteiger partial charge in [0.15, 0.2) is 0 Å². The van der Waals surface area contributed by atoms with Crippen LogP contribution in [0.25, 0.3) is 27.8 Å². The number of aryl methyl sites for hydroxylation is 1. The van der Waals surface area contributed by atoms with E-state index in [2.05, 4.69) is 38.2 Å². The largest absolute Gasteiger partial charge is 0.392 e. The minimum atomic E-state index is -0.310. The number of nitrogens with zero attached hydrogens (tertiary/aromatic N) is 8. The van der Waals surface area contributed by atoms with Gasteiger partial charge in [-0.25, -0.2) is 9.50 Å². The average molecular weight is 443 g/mol. The molecule has 4 aromatic heterocycles. The Bertz CT molecular complexity index is 1310. The molecular weight excluding hydrogens is 416 g/mol. The Morgan fingerprint density at radius 2 is 1.85 bits per heavy atom. The van der Waals surface area contributed by atoms with Crippen LogP contribution < -0.4 is 4.90 Å². The summed E-state index contributed by atoms with van der Waals surface area (Å²) in [5.74, 6) is 0.934. The first-order valence-electron chi connectivity index (χ1n) is 11.0. The molecule has 168 valence electrons. The first-order chi connectivity index (χ1) is 16.0. The lowest BCUT2D eigenvalue weighted by Crippen LogP contribution is -2.48. The summed E-state index contributed by atoms with van der Waals surface area (Å²) >= 11 is 0. The van der Waals surface area contributed by atoms with Crippen molar-refractivity contribution in [2.45, 2.75) is 13.0 Å². The molecular formula is C24H26N8O. The van der Waals surface area contributed by atoms with Gasteiger partial charge in [0.1, 0.15) is 11.9 Å². The zero-order valence-corrected chi connectivity index (χ0v) is 18.8. The summed E-state index contributed by atoms with van der Waals surface area (Å²) in [5, 5.41) is 27.9. The molecule has 1 N–H and O–H groups in total. The molecule has 1 aliphatic heterocycles. The quantitative estimate of drug-likeness (QED) is 0.506. The fraction of sp³-hybridized carbons (Fsp3) is 0.333. The Morgan fingerprint density at radius 3 is 2.48 bits per heavy atom. The van der Waals surface area contributed by atoms with Gasteiger partial charge in [-0.15, -0.1) is 0 Å². The maximum absolute atomic E-state index is 9.62. The minimum Gasteiger partial charge on any atom is -0.392 e. The highest BCUT2D eigenvalue weighted by Crippen LogP contribution is 2.32. The van der Waals surface area contributed by atoms with Crippen LogP contribution in [0.5, 0.6) is 0 Å². The van der Waals surface area contributed by atoms with Gasteiger partial charge >= 0.3 is 0 Å². The van der Waals surface area contributed by atoms with Gasteiger partial charge in [0.05, 0.1) is 29.6 Å². The third-order valence-corrected chi connectivity index (χ3v) is 6.05. The molecule has 1 atom stereocenters. The molecule has 0 saturated carbocycles. The van der Waals surface area contributed by atoms with Crippen LogP contribution in [0.1, 0.15) is 12.5 Å². The van der Waals surface area contributed by atoms with E-state index in [1.165, 1.54) is 0 Å². The van der Waals surface area contributed by atoms with E-state index in [9.17, 15) is 10.4 Å². The fourth-order valence-electron chi connectivity index (χ4n) is 4.42. The van der Waals surface area contributed by atoms with Gasteiger partial charge in [0.2, 0.25) is 0 Å². The van der Waals surface area contributed by atoms with Gasteiger partial charge in [-0.2, -0.15) is 15.5 Å². The molecule has 0 bridgehead atoms. The van der Waals surface area contributed by atoms with E-state index in [1.807, 2.05) is 44.8 Å². The number of aliphatic hydroxyl groups excluding tert-OH is 1. The average Bonchev–Trinajstić information content (AvgIpc) is 3.44. The van der Waals surface area contributed by atoms with E-state index in [1.54, 1.807) is 15.4 Å². The van der Waals surface area contributed by atoms with Crippen molar-refractivity contribution in [1.82, 2.24) is 29.3 Å². The van der Waals surface area contributed by atoms with Crippen LogP contribution >= 0.6 is 0 Å². The zero-order chi connectivity index (χ0) is 22.9. The number of hydrogen-bond donors (Lipinski definition) is 1. The van der Waals surface area contributed by atoms with Gasteiger partial charge in [-0.3, -0.25) is 9.58 Å². The molecule has 0 spiro atoms. The van der Waals surface area contributed by atoms with Gasteiger partial charge in [0, 0.05) is 80.6 Å². The Labute approximate surface area is 192 Å². The Hall–Kier alpha value is -3.74. The molecule has 5 rings (SSSR count). The standard InChI is InChI=1S/C24H26N8O/c1-17(33)14-30-5-7-31(8-6-30)23-4-3-18(11-26-23)22-9-19(21-13-27-29(2)15-21)16-32-24(22)20(10-25)12-28-32/h3-4,9,11-13,15-17,33H,5-8,14H2,1-2H3. The lowest BCUT2D eigenvalue weighted by Gasteiger charge is -2.35. The smallest absolute Gasteiger partial charge is 0.128 e. The van der Waals surface area contributed by atoms with Crippen molar-refractivity contribution in [2.75, 3.05) is 37.6 Å².